The number of ether oxygens (including phenoxy) is 1. The highest BCUT2D eigenvalue weighted by molar-refractivity contribution is 7.90. The number of amidine groups is 1. The Morgan fingerprint density at radius 1 is 1.07 bits per heavy atom. The van der Waals surface area contributed by atoms with Crippen LogP contribution in [-0.4, -0.2) is 56.8 Å². The molecule has 1 aromatic carbocycles. The van der Waals surface area contributed by atoms with Gasteiger partial charge >= 0.3 is 5.97 Å². The third-order valence-corrected chi connectivity index (χ3v) is 5.59. The molecular weight excluding hydrogens is 394 g/mol. The van der Waals surface area contributed by atoms with Crippen LogP contribution >= 0.6 is 0 Å². The van der Waals surface area contributed by atoms with Gasteiger partial charge in [-0.1, -0.05) is 39.8 Å². The van der Waals surface area contributed by atoms with Crippen molar-refractivity contribution in [3.63, 3.8) is 0 Å². The first kappa shape index (κ1) is 22.9. The van der Waals surface area contributed by atoms with Crippen LogP contribution in [0.3, 0.4) is 0 Å². The maximum atomic E-state index is 12.5. The van der Waals surface area contributed by atoms with Gasteiger partial charge in [-0.2, -0.15) is 0 Å². The summed E-state index contributed by atoms with van der Waals surface area (Å²) in [6, 6.07) is 5.43. The van der Waals surface area contributed by atoms with E-state index in [-0.39, 0.29) is 23.2 Å². The van der Waals surface area contributed by atoms with Gasteiger partial charge in [-0.25, -0.2) is 13.2 Å². The Balaban J connectivity index is 2.02. The van der Waals surface area contributed by atoms with Crippen LogP contribution in [0.5, 0.6) is 0 Å². The van der Waals surface area contributed by atoms with E-state index in [1.165, 1.54) is 13.0 Å². The zero-order chi connectivity index (χ0) is 21.8. The summed E-state index contributed by atoms with van der Waals surface area (Å²) in [6.45, 7) is 10.4. The van der Waals surface area contributed by atoms with Crippen LogP contribution in [0.1, 0.15) is 40.2 Å². The van der Waals surface area contributed by atoms with E-state index in [2.05, 4.69) is 9.71 Å². The summed E-state index contributed by atoms with van der Waals surface area (Å²) in [5.41, 5.74) is 0.406. The maximum absolute atomic E-state index is 12.5. The number of aliphatic imine (C=N–C) groups is 1. The van der Waals surface area contributed by atoms with Crippen molar-refractivity contribution in [1.82, 2.24) is 9.62 Å². The van der Waals surface area contributed by atoms with Gasteiger partial charge in [0.1, 0.15) is 11.9 Å². The molecule has 2 rings (SSSR count). The molecule has 1 aromatic rings. The van der Waals surface area contributed by atoms with Crippen molar-refractivity contribution in [3.05, 3.63) is 29.8 Å². The van der Waals surface area contributed by atoms with E-state index in [9.17, 15) is 18.0 Å². The summed E-state index contributed by atoms with van der Waals surface area (Å²) in [4.78, 5) is 30.7. The van der Waals surface area contributed by atoms with Gasteiger partial charge < -0.3 is 9.64 Å². The van der Waals surface area contributed by atoms with Crippen LogP contribution in [0.25, 0.3) is 0 Å². The second kappa shape index (κ2) is 9.39. The monoisotopic (exact) mass is 423 g/mol. The van der Waals surface area contributed by atoms with Gasteiger partial charge in [-0.15, -0.1) is 0 Å². The number of benzene rings is 1. The average molecular weight is 424 g/mol. The predicted octanol–water partition coefficient (Wildman–Crippen LogP) is 1.80. The number of nitrogens with zero attached hydrogens (tertiary/aromatic N) is 2. The zero-order valence-electron chi connectivity index (χ0n) is 17.5. The predicted molar refractivity (Wildman–Crippen MR) is 110 cm³/mol. The minimum Gasteiger partial charge on any atom is -0.454 e. The summed E-state index contributed by atoms with van der Waals surface area (Å²) in [6.07, 6.45) is 0. The fourth-order valence-electron chi connectivity index (χ4n) is 2.98. The lowest BCUT2D eigenvalue weighted by Gasteiger charge is -2.26. The molecule has 9 heteroatoms. The zero-order valence-corrected chi connectivity index (χ0v) is 18.3. The SMILES string of the molecule is CC(C)CN(CC(C)C)C(=O)COC(=O)C(C)N=C1NS(=O)(=O)c2ccccc21. The summed E-state index contributed by atoms with van der Waals surface area (Å²) in [5, 5.41) is 0. The van der Waals surface area contributed by atoms with Gasteiger partial charge in [0.15, 0.2) is 6.61 Å². The van der Waals surface area contributed by atoms with Crippen LogP contribution in [0, 0.1) is 11.8 Å². The normalized spacial score (nSPS) is 17.1. The number of fused-ring (bicyclic) bond motifs is 1. The minimum absolute atomic E-state index is 0.0950. The highest BCUT2D eigenvalue weighted by Gasteiger charge is 2.31. The Labute approximate surface area is 172 Å². The van der Waals surface area contributed by atoms with Gasteiger partial charge in [-0.3, -0.25) is 14.5 Å². The lowest BCUT2D eigenvalue weighted by Crippen LogP contribution is -2.40. The number of nitrogens with one attached hydrogen (secondary N) is 1. The van der Waals surface area contributed by atoms with Crippen molar-refractivity contribution >= 4 is 27.7 Å². The number of carbonyl (C=O) groups is 2. The summed E-state index contributed by atoms with van der Waals surface area (Å²) < 4.78 is 31.7. The molecule has 1 aliphatic rings. The van der Waals surface area contributed by atoms with E-state index >= 15 is 0 Å². The van der Waals surface area contributed by atoms with E-state index < -0.39 is 22.0 Å². The van der Waals surface area contributed by atoms with E-state index in [1.54, 1.807) is 23.1 Å². The third kappa shape index (κ3) is 6.03. The van der Waals surface area contributed by atoms with E-state index in [4.69, 9.17) is 4.74 Å². The van der Waals surface area contributed by atoms with Crippen LogP contribution in [0.4, 0.5) is 0 Å². The topological polar surface area (TPSA) is 105 Å². The molecule has 8 nitrogen and oxygen atoms in total. The van der Waals surface area contributed by atoms with Gasteiger partial charge in [0.25, 0.3) is 15.9 Å². The first-order valence-corrected chi connectivity index (χ1v) is 11.1. The number of carbonyl (C=O) groups excluding carboxylic acids is 2. The molecule has 0 saturated heterocycles. The average Bonchev–Trinajstić information content (AvgIpc) is 2.88. The Kier molecular flexibility index (Phi) is 7.40. The first-order valence-electron chi connectivity index (χ1n) is 9.65. The Bertz CT molecular complexity index is 883. The van der Waals surface area contributed by atoms with Crippen LogP contribution in [0.2, 0.25) is 0 Å². The van der Waals surface area contributed by atoms with Crippen molar-refractivity contribution in [3.8, 4) is 0 Å². The van der Waals surface area contributed by atoms with Crippen molar-refractivity contribution in [2.75, 3.05) is 19.7 Å². The van der Waals surface area contributed by atoms with Crippen molar-refractivity contribution in [2.24, 2.45) is 16.8 Å². The number of sulfonamides is 1. The molecule has 0 saturated carbocycles. The molecule has 160 valence electrons. The number of rotatable bonds is 8. The Morgan fingerprint density at radius 2 is 1.66 bits per heavy atom. The van der Waals surface area contributed by atoms with Gasteiger partial charge in [-0.05, 0) is 30.9 Å². The Morgan fingerprint density at radius 3 is 2.24 bits per heavy atom. The lowest BCUT2D eigenvalue weighted by atomic mass is 10.1. The molecule has 1 aliphatic heterocycles. The molecule has 0 fully saturated rings. The molecule has 29 heavy (non-hydrogen) atoms. The maximum Gasteiger partial charge on any atom is 0.331 e. The lowest BCUT2D eigenvalue weighted by molar-refractivity contribution is -0.153. The summed E-state index contributed by atoms with van der Waals surface area (Å²) >= 11 is 0. The molecular formula is C20H29N3O5S. The molecule has 0 aromatic heterocycles. The first-order chi connectivity index (χ1) is 13.5. The molecule has 1 heterocycles. The fourth-order valence-corrected chi connectivity index (χ4v) is 4.22. The highest BCUT2D eigenvalue weighted by Crippen LogP contribution is 2.22. The molecule has 0 aliphatic carbocycles. The standard InChI is InChI=1S/C20H29N3O5S/c1-13(2)10-23(11-14(3)4)18(24)12-28-20(25)15(5)21-19-16-8-6-7-9-17(16)29(26,27)22-19/h6-9,13-15H,10-12H2,1-5H3,(H,21,22). The highest BCUT2D eigenvalue weighted by atomic mass is 32.2. The second-order valence-electron chi connectivity index (χ2n) is 7.95. The van der Waals surface area contributed by atoms with Crippen LogP contribution in [0.15, 0.2) is 34.2 Å². The van der Waals surface area contributed by atoms with E-state index in [0.717, 1.165) is 0 Å². The molecule has 0 radical (unpaired) electrons. The Hall–Kier alpha value is -2.42. The van der Waals surface area contributed by atoms with Crippen molar-refractivity contribution in [1.29, 1.82) is 0 Å². The molecule has 0 spiro atoms. The molecule has 1 atom stereocenters. The van der Waals surface area contributed by atoms with Gasteiger partial charge in [0.05, 0.1) is 4.90 Å². The number of hydrogen-bond donors (Lipinski definition) is 1. The van der Waals surface area contributed by atoms with E-state index in [0.29, 0.717) is 30.5 Å². The van der Waals surface area contributed by atoms with E-state index in [1.807, 2.05) is 27.7 Å². The minimum atomic E-state index is -3.68. The molecule has 1 amide bonds. The quantitative estimate of drug-likeness (QED) is 0.642. The van der Waals surface area contributed by atoms with Crippen LogP contribution < -0.4 is 4.72 Å². The smallest absolute Gasteiger partial charge is 0.331 e. The number of esters is 1. The molecule has 1 N–H and O–H groups in total. The second-order valence-corrected chi connectivity index (χ2v) is 9.60. The van der Waals surface area contributed by atoms with Gasteiger partial charge in [0, 0.05) is 18.7 Å². The summed E-state index contributed by atoms with van der Waals surface area (Å²) in [7, 11) is -3.68. The van der Waals surface area contributed by atoms with Crippen molar-refractivity contribution in [2.45, 2.75) is 45.6 Å². The number of hydrogen-bond acceptors (Lipinski definition) is 6. The fraction of sp³-hybridized carbons (Fsp3) is 0.550. The molecule has 0 bridgehead atoms. The molecule has 1 unspecified atom stereocenters. The number of amides is 1. The van der Waals surface area contributed by atoms with Crippen molar-refractivity contribution < 1.29 is 22.7 Å². The van der Waals surface area contributed by atoms with Gasteiger partial charge in [0.2, 0.25) is 0 Å². The third-order valence-electron chi connectivity index (χ3n) is 4.19. The van der Waals surface area contributed by atoms with Crippen LogP contribution in [-0.2, 0) is 24.3 Å². The summed E-state index contributed by atoms with van der Waals surface area (Å²) in [5.74, 6) is -0.253. The largest absolute Gasteiger partial charge is 0.454 e.